The van der Waals surface area contributed by atoms with Crippen LogP contribution in [0.5, 0.6) is 5.75 Å². The van der Waals surface area contributed by atoms with Gasteiger partial charge in [0.2, 0.25) is 0 Å². The number of fused-ring (bicyclic) bond motifs is 1. The van der Waals surface area contributed by atoms with Crippen molar-refractivity contribution in [3.8, 4) is 5.75 Å². The molecule has 2 aromatic rings. The topological polar surface area (TPSA) is 49.6 Å². The van der Waals surface area contributed by atoms with Crippen molar-refractivity contribution in [3.63, 3.8) is 0 Å². The molecule has 4 nitrogen and oxygen atoms in total. The van der Waals surface area contributed by atoms with Crippen LogP contribution in [0, 0.1) is 5.92 Å². The summed E-state index contributed by atoms with van der Waals surface area (Å²) in [5, 5.41) is 13.4. The number of imidazole rings is 1. The highest BCUT2D eigenvalue weighted by Gasteiger charge is 2.18. The van der Waals surface area contributed by atoms with E-state index in [1.165, 1.54) is 6.42 Å². The van der Waals surface area contributed by atoms with E-state index in [1.807, 2.05) is 4.40 Å². The first kappa shape index (κ1) is 10.9. The highest BCUT2D eigenvalue weighted by atomic mass is 35.5. The normalized spacial score (nSPS) is 20.2. The van der Waals surface area contributed by atoms with Gasteiger partial charge in [0.15, 0.2) is 5.15 Å². The maximum absolute atomic E-state index is 9.52. The molecule has 1 atom stereocenters. The van der Waals surface area contributed by atoms with Crippen molar-refractivity contribution in [3.05, 3.63) is 29.3 Å². The molecule has 5 heteroatoms. The molecule has 2 aromatic heterocycles. The van der Waals surface area contributed by atoms with E-state index in [1.54, 1.807) is 18.3 Å². The van der Waals surface area contributed by atoms with Gasteiger partial charge >= 0.3 is 0 Å². The lowest BCUT2D eigenvalue weighted by molar-refractivity contribution is 0.470. The van der Waals surface area contributed by atoms with Crippen molar-refractivity contribution >= 4 is 17.1 Å². The third-order valence-corrected chi connectivity index (χ3v) is 3.56. The van der Waals surface area contributed by atoms with E-state index in [2.05, 4.69) is 10.3 Å². The predicted molar refractivity (Wildman–Crippen MR) is 66.5 cm³/mol. The molecule has 0 aliphatic carbocycles. The minimum absolute atomic E-state index is 0.234. The van der Waals surface area contributed by atoms with Gasteiger partial charge in [0.05, 0.1) is 11.7 Å². The molecule has 1 unspecified atom stereocenters. The minimum Gasteiger partial charge on any atom is -0.506 e. The average Bonchev–Trinajstić information content (AvgIpc) is 2.89. The number of nitrogens with one attached hydrogen (secondary N) is 1. The Hall–Kier alpha value is -1.26. The van der Waals surface area contributed by atoms with Crippen LogP contribution in [0.2, 0.25) is 5.15 Å². The summed E-state index contributed by atoms with van der Waals surface area (Å²) in [6.07, 6.45) is 3.74. The first-order valence-corrected chi connectivity index (χ1v) is 6.18. The third-order valence-electron chi connectivity index (χ3n) is 3.28. The van der Waals surface area contributed by atoms with Crippen molar-refractivity contribution in [2.75, 3.05) is 13.1 Å². The quantitative estimate of drug-likeness (QED) is 0.857. The van der Waals surface area contributed by atoms with Crippen LogP contribution in [0.25, 0.3) is 5.52 Å². The smallest absolute Gasteiger partial charge is 0.155 e. The molecule has 17 heavy (non-hydrogen) atoms. The molecule has 1 saturated heterocycles. The molecule has 1 aliphatic heterocycles. The van der Waals surface area contributed by atoms with Gasteiger partial charge in [0.1, 0.15) is 11.6 Å². The van der Waals surface area contributed by atoms with E-state index in [9.17, 15) is 5.11 Å². The molecule has 2 N–H and O–H groups in total. The minimum atomic E-state index is 0.234. The van der Waals surface area contributed by atoms with Crippen molar-refractivity contribution in [2.45, 2.75) is 12.8 Å². The number of hydrogen-bond donors (Lipinski definition) is 2. The lowest BCUT2D eigenvalue weighted by Crippen LogP contribution is -2.12. The predicted octanol–water partition coefficient (Wildman–Crippen LogP) is 1.85. The molecular weight excluding hydrogens is 238 g/mol. The van der Waals surface area contributed by atoms with E-state index in [0.29, 0.717) is 11.1 Å². The van der Waals surface area contributed by atoms with Gasteiger partial charge in [-0.15, -0.1) is 0 Å². The summed E-state index contributed by atoms with van der Waals surface area (Å²) >= 11 is 6.09. The van der Waals surface area contributed by atoms with E-state index in [0.717, 1.165) is 30.9 Å². The van der Waals surface area contributed by atoms with Crippen molar-refractivity contribution < 1.29 is 5.11 Å². The summed E-state index contributed by atoms with van der Waals surface area (Å²) < 4.78 is 1.88. The molecule has 1 fully saturated rings. The first-order chi connectivity index (χ1) is 8.24. The molecule has 3 rings (SSSR count). The van der Waals surface area contributed by atoms with Crippen LogP contribution in [0.3, 0.4) is 0 Å². The molecule has 3 heterocycles. The van der Waals surface area contributed by atoms with Gasteiger partial charge in [-0.25, -0.2) is 4.98 Å². The first-order valence-electron chi connectivity index (χ1n) is 5.80. The Morgan fingerprint density at radius 1 is 1.53 bits per heavy atom. The van der Waals surface area contributed by atoms with Gasteiger partial charge in [-0.05, 0) is 37.6 Å². The summed E-state index contributed by atoms with van der Waals surface area (Å²) in [5.41, 5.74) is 0.852. The summed E-state index contributed by atoms with van der Waals surface area (Å²) in [5.74, 6) is 1.77. The summed E-state index contributed by atoms with van der Waals surface area (Å²) in [6, 6.07) is 3.42. The third kappa shape index (κ3) is 1.98. The van der Waals surface area contributed by atoms with Gasteiger partial charge in [-0.3, -0.25) is 4.40 Å². The zero-order chi connectivity index (χ0) is 11.8. The Balaban J connectivity index is 2.00. The second-order valence-electron chi connectivity index (χ2n) is 4.52. The van der Waals surface area contributed by atoms with Crippen LogP contribution >= 0.6 is 11.6 Å². The van der Waals surface area contributed by atoms with E-state index >= 15 is 0 Å². The zero-order valence-corrected chi connectivity index (χ0v) is 10.1. The molecule has 0 bridgehead atoms. The second-order valence-corrected chi connectivity index (χ2v) is 4.88. The van der Waals surface area contributed by atoms with Crippen molar-refractivity contribution in [1.82, 2.24) is 14.7 Å². The standard InChI is InChI=1S/C12H14ClN3O/c13-12-10-2-1-9(17)7-16(10)11(15-12)5-8-3-4-14-6-8/h1-2,7-8,14,17H,3-6H2. The van der Waals surface area contributed by atoms with Crippen LogP contribution in [0.15, 0.2) is 18.3 Å². The number of aromatic nitrogens is 2. The lowest BCUT2D eigenvalue weighted by atomic mass is 10.1. The molecule has 90 valence electrons. The fourth-order valence-electron chi connectivity index (χ4n) is 2.39. The van der Waals surface area contributed by atoms with E-state index in [-0.39, 0.29) is 5.75 Å². The number of halogens is 1. The van der Waals surface area contributed by atoms with E-state index < -0.39 is 0 Å². The van der Waals surface area contributed by atoms with Crippen LogP contribution in [-0.2, 0) is 6.42 Å². The summed E-state index contributed by atoms with van der Waals surface area (Å²) in [6.45, 7) is 2.11. The molecule has 0 radical (unpaired) electrons. The Labute approximate surface area is 104 Å². The molecular formula is C12H14ClN3O. The second kappa shape index (κ2) is 4.20. The Morgan fingerprint density at radius 2 is 2.41 bits per heavy atom. The van der Waals surface area contributed by atoms with Crippen molar-refractivity contribution in [2.24, 2.45) is 5.92 Å². The van der Waals surface area contributed by atoms with Crippen LogP contribution in [0.4, 0.5) is 0 Å². The maximum Gasteiger partial charge on any atom is 0.155 e. The van der Waals surface area contributed by atoms with Gasteiger partial charge in [-0.2, -0.15) is 0 Å². The average molecular weight is 252 g/mol. The lowest BCUT2D eigenvalue weighted by Gasteiger charge is -2.07. The van der Waals surface area contributed by atoms with Gasteiger partial charge < -0.3 is 10.4 Å². The Morgan fingerprint density at radius 3 is 3.18 bits per heavy atom. The highest BCUT2D eigenvalue weighted by molar-refractivity contribution is 6.32. The molecule has 1 aliphatic rings. The fourth-order valence-corrected chi connectivity index (χ4v) is 2.64. The molecule has 0 spiro atoms. The van der Waals surface area contributed by atoms with Crippen LogP contribution in [0.1, 0.15) is 12.2 Å². The Kier molecular flexibility index (Phi) is 2.68. The molecule has 0 saturated carbocycles. The zero-order valence-electron chi connectivity index (χ0n) is 9.36. The summed E-state index contributed by atoms with van der Waals surface area (Å²) in [4.78, 5) is 4.38. The maximum atomic E-state index is 9.52. The number of nitrogens with zero attached hydrogens (tertiary/aromatic N) is 2. The van der Waals surface area contributed by atoms with Crippen LogP contribution < -0.4 is 5.32 Å². The van der Waals surface area contributed by atoms with E-state index in [4.69, 9.17) is 11.6 Å². The fraction of sp³-hybridized carbons (Fsp3) is 0.417. The number of pyridine rings is 1. The Bertz CT molecular complexity index is 546. The monoisotopic (exact) mass is 251 g/mol. The van der Waals surface area contributed by atoms with Crippen molar-refractivity contribution in [1.29, 1.82) is 0 Å². The van der Waals surface area contributed by atoms with Gasteiger partial charge in [0.25, 0.3) is 0 Å². The largest absolute Gasteiger partial charge is 0.506 e. The van der Waals surface area contributed by atoms with Gasteiger partial charge in [0, 0.05) is 6.42 Å². The number of aromatic hydroxyl groups is 1. The van der Waals surface area contributed by atoms with Gasteiger partial charge in [-0.1, -0.05) is 11.6 Å². The molecule has 0 aromatic carbocycles. The summed E-state index contributed by atoms with van der Waals surface area (Å²) in [7, 11) is 0. The SMILES string of the molecule is Oc1ccc2c(Cl)nc(CC3CCNC3)n2c1. The molecule has 0 amide bonds. The highest BCUT2D eigenvalue weighted by Crippen LogP contribution is 2.24. The number of hydrogen-bond acceptors (Lipinski definition) is 3. The number of rotatable bonds is 2. The van der Waals surface area contributed by atoms with Crippen LogP contribution in [-0.4, -0.2) is 27.6 Å².